The fraction of sp³-hybridized carbons (Fsp3) is 0.519. The number of rotatable bonds is 9. The SMILES string of the molecule is CO[C@H]1/C=C/O[C@@]2(C)Oc3c(C)c(O)c4c(O)c(c5c(c4c3C2=O)NC2(CCN(CC(C)I)CC2)N=5)=NC(=O)/C(C)=C\C=C\[C@H](C)[C@H](O)[C@@H](C)[C@@H](O)[C@@H](C)[C@H](OC(=O)CC(=O)OCCc2ccccc2)[C@@H]1C. The van der Waals surface area contributed by atoms with E-state index in [0.29, 0.717) is 42.0 Å². The summed E-state index contributed by atoms with van der Waals surface area (Å²) in [6.45, 7) is 15.8. The lowest BCUT2D eigenvalue weighted by Crippen LogP contribution is -2.47. The minimum Gasteiger partial charge on any atom is -0.507 e. The number of anilines is 1. The number of hydrogen-bond donors (Lipinski definition) is 5. The fourth-order valence-corrected chi connectivity index (χ4v) is 10.7. The zero-order valence-electron chi connectivity index (χ0n) is 42.3. The number of aromatic hydroxyl groups is 2. The van der Waals surface area contributed by atoms with E-state index in [2.05, 4.69) is 44.7 Å². The Labute approximate surface area is 433 Å². The first kappa shape index (κ1) is 54.4. The number of carbonyl (C=O) groups is 4. The molecule has 17 nitrogen and oxygen atoms in total. The Morgan fingerprint density at radius 1 is 0.944 bits per heavy atom. The molecule has 1 saturated heterocycles. The second-order valence-corrected chi connectivity index (χ2v) is 22.0. The van der Waals surface area contributed by atoms with Crippen LogP contribution in [-0.2, 0) is 39.8 Å². The Morgan fingerprint density at radius 2 is 1.64 bits per heavy atom. The van der Waals surface area contributed by atoms with E-state index in [1.165, 1.54) is 39.4 Å². The molecule has 0 aliphatic carbocycles. The quantitative estimate of drug-likeness (QED) is 0.0538. The van der Waals surface area contributed by atoms with Gasteiger partial charge in [0, 0.05) is 97.0 Å². The van der Waals surface area contributed by atoms with Gasteiger partial charge >= 0.3 is 17.7 Å². The molecule has 0 aromatic heterocycles. The van der Waals surface area contributed by atoms with Gasteiger partial charge in [0.2, 0.25) is 0 Å². The Bertz CT molecular complexity index is 2790. The molecule has 0 radical (unpaired) electrons. The van der Waals surface area contributed by atoms with Gasteiger partial charge in [-0.05, 0) is 25.5 Å². The average molecular weight is 1110 g/mol. The number of fused-ring (bicyclic) bond motifs is 13. The second kappa shape index (κ2) is 22.4. The number of aliphatic hydroxyl groups excluding tert-OH is 2. The molecule has 3 aromatic rings. The zero-order valence-corrected chi connectivity index (χ0v) is 44.5. The van der Waals surface area contributed by atoms with E-state index < -0.39 is 101 Å². The number of hydrogen-bond acceptors (Lipinski definition) is 16. The van der Waals surface area contributed by atoms with Crippen LogP contribution in [0.25, 0.3) is 10.8 Å². The molecule has 10 atom stereocenters. The van der Waals surface area contributed by atoms with Crippen molar-refractivity contribution in [2.75, 3.05) is 38.7 Å². The van der Waals surface area contributed by atoms with Crippen molar-refractivity contribution in [3.8, 4) is 17.2 Å². The van der Waals surface area contributed by atoms with Crippen molar-refractivity contribution in [3.05, 3.63) is 93.9 Å². The minimum atomic E-state index is -2.02. The first-order valence-electron chi connectivity index (χ1n) is 24.5. The molecule has 5 heterocycles. The lowest BCUT2D eigenvalue weighted by molar-refractivity contribution is -0.167. The highest BCUT2D eigenvalue weighted by Crippen LogP contribution is 2.51. The molecule has 5 bridgehead atoms. The molecular formula is C54H67IN4O13. The van der Waals surface area contributed by atoms with Crippen molar-refractivity contribution >= 4 is 62.7 Å². The number of methoxy groups -OCH3 is 1. The Balaban J connectivity index is 1.28. The number of carbonyl (C=O) groups excluding carboxylic acids is 4. The number of ketones is 1. The van der Waals surface area contributed by atoms with Crippen molar-refractivity contribution in [1.82, 2.24) is 4.90 Å². The fourth-order valence-electron chi connectivity index (χ4n) is 10.2. The van der Waals surface area contributed by atoms with Crippen LogP contribution >= 0.6 is 22.6 Å². The molecule has 5 aliphatic rings. The number of halogens is 1. The number of likely N-dealkylation sites (tertiary alicyclic amines) is 1. The van der Waals surface area contributed by atoms with Gasteiger partial charge in [0.1, 0.15) is 40.4 Å². The Morgan fingerprint density at radius 3 is 2.31 bits per heavy atom. The second-order valence-electron chi connectivity index (χ2n) is 19.9. The molecule has 1 amide bonds. The summed E-state index contributed by atoms with van der Waals surface area (Å²) in [5.74, 6) is -8.95. The maximum Gasteiger partial charge on any atom is 0.317 e. The molecule has 3 aromatic carbocycles. The molecule has 0 saturated carbocycles. The number of amides is 1. The number of ether oxygens (including phenoxy) is 5. The van der Waals surface area contributed by atoms with Crippen LogP contribution in [0.2, 0.25) is 0 Å². The molecule has 18 heteroatoms. The predicted molar refractivity (Wildman–Crippen MR) is 276 cm³/mol. The molecule has 5 N–H and O–H groups in total. The standard InChI is InChI=1S/C54H67IN4O13/c1-28-14-13-15-29(2)52(67)56-44-43-42(57-54(58-43)20-22-59(23-21-54)27-30(3)55)39-40(48(44)65)47(64)34(7)50-41(39)51(66)53(8,72-50)70-25-19-36(68-9)31(4)49(33(6)46(63)32(5)45(28)62)71-38(61)26-37(60)69-24-18-35-16-11-10-12-17-35/h10-17,19,25,28,30-33,36,45-46,49,57,62-65H,18,20-24,26-27H2,1-9H3/b14-13+,25-19+,29-15-,56-44?/t28-,30?,31+,32+,33+,36-,45-,46+,49+,53-/m0/s1. The smallest absolute Gasteiger partial charge is 0.317 e. The minimum absolute atomic E-state index is 0.0164. The van der Waals surface area contributed by atoms with E-state index in [1.54, 1.807) is 46.8 Å². The number of benzene rings is 3. The molecule has 388 valence electrons. The summed E-state index contributed by atoms with van der Waals surface area (Å²) in [4.78, 5) is 67.2. The molecule has 5 aliphatic heterocycles. The number of aliphatic hydroxyl groups is 2. The number of phenols is 2. The maximum atomic E-state index is 14.9. The van der Waals surface area contributed by atoms with Gasteiger partial charge in [-0.25, -0.2) is 4.99 Å². The summed E-state index contributed by atoms with van der Waals surface area (Å²) >= 11 is 2.40. The van der Waals surface area contributed by atoms with Crippen LogP contribution < -0.4 is 20.8 Å². The number of piperidine rings is 1. The highest BCUT2D eigenvalue weighted by Gasteiger charge is 2.51. The number of allylic oxidation sites excluding steroid dienone is 2. The number of nitrogens with zero attached hydrogens (tertiary/aromatic N) is 3. The number of esters is 2. The van der Waals surface area contributed by atoms with Crippen molar-refractivity contribution in [3.63, 3.8) is 0 Å². The maximum absolute atomic E-state index is 14.9. The third-order valence-corrected chi connectivity index (χ3v) is 14.9. The van der Waals surface area contributed by atoms with E-state index in [9.17, 15) is 39.6 Å². The van der Waals surface area contributed by atoms with Crippen molar-refractivity contribution in [1.29, 1.82) is 0 Å². The van der Waals surface area contributed by atoms with Crippen LogP contribution in [0.1, 0.15) is 89.2 Å². The molecule has 1 fully saturated rings. The van der Waals surface area contributed by atoms with Gasteiger partial charge in [-0.3, -0.25) is 24.2 Å². The van der Waals surface area contributed by atoms with Crippen LogP contribution in [0.15, 0.2) is 76.5 Å². The largest absolute Gasteiger partial charge is 0.507 e. The Hall–Kier alpha value is -5.41. The van der Waals surface area contributed by atoms with Crippen molar-refractivity contribution in [2.24, 2.45) is 33.7 Å². The summed E-state index contributed by atoms with van der Waals surface area (Å²) in [6, 6.07) is 9.43. The van der Waals surface area contributed by atoms with Crippen LogP contribution in [-0.4, -0.2) is 122 Å². The molecule has 8 rings (SSSR count). The third kappa shape index (κ3) is 11.2. The third-order valence-electron chi connectivity index (χ3n) is 14.6. The van der Waals surface area contributed by atoms with Gasteiger partial charge in [-0.1, -0.05) is 106 Å². The normalized spacial score (nSPS) is 29.7. The van der Waals surface area contributed by atoms with Crippen LogP contribution in [0, 0.1) is 30.6 Å². The molecular weight excluding hydrogens is 1040 g/mol. The van der Waals surface area contributed by atoms with E-state index in [4.69, 9.17) is 28.7 Å². The summed E-state index contributed by atoms with van der Waals surface area (Å²) in [7, 11) is 1.42. The summed E-state index contributed by atoms with van der Waals surface area (Å²) in [6.07, 6.45) is 3.97. The van der Waals surface area contributed by atoms with Crippen molar-refractivity contribution in [2.45, 2.75) is 121 Å². The highest BCUT2D eigenvalue weighted by atomic mass is 127. The van der Waals surface area contributed by atoms with E-state index in [0.717, 1.165) is 12.1 Å². The van der Waals surface area contributed by atoms with Crippen LogP contribution in [0.5, 0.6) is 17.2 Å². The molecule has 72 heavy (non-hydrogen) atoms. The van der Waals surface area contributed by atoms with Gasteiger partial charge < -0.3 is 54.3 Å². The van der Waals surface area contributed by atoms with Crippen LogP contribution in [0.3, 0.4) is 0 Å². The number of Topliss-reactive ketones (excluding diaryl/α,β-unsaturated/α-hetero) is 1. The zero-order chi connectivity index (χ0) is 52.4. The van der Waals surface area contributed by atoms with Crippen molar-refractivity contribution < 1.29 is 63.3 Å². The summed E-state index contributed by atoms with van der Waals surface area (Å²) in [5, 5.41) is 51.2. The van der Waals surface area contributed by atoms with E-state index in [-0.39, 0.29) is 50.5 Å². The van der Waals surface area contributed by atoms with Crippen LogP contribution in [0.4, 0.5) is 5.69 Å². The molecule has 1 spiro atoms. The van der Waals surface area contributed by atoms with Gasteiger partial charge in [0.05, 0.1) is 47.8 Å². The summed E-state index contributed by atoms with van der Waals surface area (Å²) in [5.41, 5.74) is 0.676. The van der Waals surface area contributed by atoms with Gasteiger partial charge in [-0.15, -0.1) is 0 Å². The van der Waals surface area contributed by atoms with E-state index in [1.807, 2.05) is 30.3 Å². The highest BCUT2D eigenvalue weighted by molar-refractivity contribution is 14.1. The lowest BCUT2D eigenvalue weighted by atomic mass is 9.78. The topological polar surface area (TPSA) is 235 Å². The van der Waals surface area contributed by atoms with Gasteiger partial charge in [-0.2, -0.15) is 0 Å². The van der Waals surface area contributed by atoms with Gasteiger partial charge in [0.25, 0.3) is 11.7 Å². The average Bonchev–Trinajstić information content (AvgIpc) is 3.85. The molecule has 1 unspecified atom stereocenters. The van der Waals surface area contributed by atoms with Gasteiger partial charge in [0.15, 0.2) is 5.75 Å². The summed E-state index contributed by atoms with van der Waals surface area (Å²) < 4.78 is 30.2. The lowest BCUT2D eigenvalue weighted by Gasteiger charge is -2.38. The first-order valence-corrected chi connectivity index (χ1v) is 25.8. The number of nitrogens with one attached hydrogen (secondary N) is 1. The predicted octanol–water partition coefficient (Wildman–Crippen LogP) is 6.07. The number of alkyl halides is 1. The van der Waals surface area contributed by atoms with E-state index >= 15 is 0 Å². The Kier molecular flexibility index (Phi) is 16.9. The first-order chi connectivity index (χ1) is 34.1. The number of phenolic OH excluding ortho intramolecular Hbond substituents is 2. The monoisotopic (exact) mass is 1110 g/mol.